The molecule has 0 saturated carbocycles. The molecule has 2 aromatic carbocycles. The molecule has 3 aliphatic rings. The van der Waals surface area contributed by atoms with Crippen LogP contribution in [-0.2, 0) is 14.4 Å². The SMILES string of the molecule is Cc1[nH]c(/C=C2\C(=O)Nc3ccc(F)cc32)c(C)c1C(=O)NCCCCCCNc1cccc2c1C(=O)N(C1CCC(=O)NC1=O)C2=O. The zero-order chi connectivity index (χ0) is 34.1. The number of fused-ring (bicyclic) bond motifs is 2. The lowest BCUT2D eigenvalue weighted by atomic mass is 10.0. The quantitative estimate of drug-likeness (QED) is 0.118. The number of aromatic amines is 1. The smallest absolute Gasteiger partial charge is 0.264 e. The summed E-state index contributed by atoms with van der Waals surface area (Å²) in [4.78, 5) is 79.9. The molecule has 0 aliphatic carbocycles. The Hall–Kier alpha value is -5.59. The molecule has 13 heteroatoms. The van der Waals surface area contributed by atoms with E-state index in [0.29, 0.717) is 58.1 Å². The summed E-state index contributed by atoms with van der Waals surface area (Å²) in [6.45, 7) is 4.62. The van der Waals surface area contributed by atoms with Crippen LogP contribution in [0.2, 0.25) is 0 Å². The van der Waals surface area contributed by atoms with Crippen molar-refractivity contribution in [3.63, 3.8) is 0 Å². The van der Waals surface area contributed by atoms with Crippen LogP contribution in [0.5, 0.6) is 0 Å². The van der Waals surface area contributed by atoms with Crippen LogP contribution in [0.4, 0.5) is 15.8 Å². The monoisotopic (exact) mass is 654 g/mol. The van der Waals surface area contributed by atoms with Gasteiger partial charge in [-0.3, -0.25) is 39.0 Å². The largest absolute Gasteiger partial charge is 0.384 e. The van der Waals surface area contributed by atoms with E-state index in [1.54, 1.807) is 38.1 Å². The summed E-state index contributed by atoms with van der Waals surface area (Å²) in [7, 11) is 0. The topological polar surface area (TPSA) is 170 Å². The van der Waals surface area contributed by atoms with Crippen molar-refractivity contribution >= 4 is 58.5 Å². The number of rotatable bonds is 11. The Morgan fingerprint density at radius 3 is 2.50 bits per heavy atom. The number of nitrogens with one attached hydrogen (secondary N) is 5. The lowest BCUT2D eigenvalue weighted by Gasteiger charge is -2.27. The molecule has 0 bridgehead atoms. The summed E-state index contributed by atoms with van der Waals surface area (Å²) in [5.74, 6) is -3.17. The zero-order valence-electron chi connectivity index (χ0n) is 26.6. The van der Waals surface area contributed by atoms with Gasteiger partial charge in [-0.05, 0) is 75.1 Å². The van der Waals surface area contributed by atoms with E-state index in [2.05, 4.69) is 26.3 Å². The third-order valence-electron chi connectivity index (χ3n) is 8.93. The van der Waals surface area contributed by atoms with Gasteiger partial charge in [0.2, 0.25) is 11.8 Å². The third kappa shape index (κ3) is 6.10. The molecule has 6 rings (SSSR count). The predicted octanol–water partition coefficient (Wildman–Crippen LogP) is 4.07. The molecule has 0 radical (unpaired) electrons. The Labute approximate surface area is 275 Å². The lowest BCUT2D eigenvalue weighted by molar-refractivity contribution is -0.136. The summed E-state index contributed by atoms with van der Waals surface area (Å²) >= 11 is 0. The number of hydrogen-bond acceptors (Lipinski definition) is 7. The van der Waals surface area contributed by atoms with Crippen LogP contribution in [0.1, 0.15) is 92.1 Å². The van der Waals surface area contributed by atoms with Crippen molar-refractivity contribution in [2.24, 2.45) is 0 Å². The highest BCUT2D eigenvalue weighted by molar-refractivity contribution is 6.35. The summed E-state index contributed by atoms with van der Waals surface area (Å²) in [6.07, 6.45) is 5.04. The van der Waals surface area contributed by atoms with Crippen LogP contribution in [0, 0.1) is 19.7 Å². The molecular weight excluding hydrogens is 619 g/mol. The van der Waals surface area contributed by atoms with Crippen molar-refractivity contribution in [3.8, 4) is 0 Å². The van der Waals surface area contributed by atoms with Gasteiger partial charge in [0.05, 0.1) is 22.3 Å². The minimum absolute atomic E-state index is 0.0600. The number of anilines is 2. The molecule has 1 fully saturated rings. The van der Waals surface area contributed by atoms with Gasteiger partial charge >= 0.3 is 0 Å². The molecule has 0 spiro atoms. The van der Waals surface area contributed by atoms with Gasteiger partial charge < -0.3 is 20.9 Å². The standard InChI is InChI=1S/C35H35FN6O6/c1-18-26(17-23-22-16-20(36)10-11-24(22)40-31(23)44)39-19(2)29(18)33(46)38-15-6-4-3-5-14-37-25-9-7-8-21-30(25)35(48)42(34(21)47)27-12-13-28(43)41-32(27)45/h7-11,16-17,27,37,39H,3-6,12-15H2,1-2H3,(H,38,46)(H,40,44)(H,41,43,45)/b23-17-. The Bertz CT molecular complexity index is 1910. The van der Waals surface area contributed by atoms with Crippen molar-refractivity contribution in [2.45, 2.75) is 58.4 Å². The number of benzene rings is 2. The van der Waals surface area contributed by atoms with E-state index < -0.39 is 35.5 Å². The number of halogens is 1. The van der Waals surface area contributed by atoms with E-state index in [1.807, 2.05) is 0 Å². The molecule has 1 saturated heterocycles. The van der Waals surface area contributed by atoms with Crippen molar-refractivity contribution in [3.05, 3.63) is 81.4 Å². The number of H-pyrrole nitrogens is 1. The number of hydrogen-bond donors (Lipinski definition) is 5. The summed E-state index contributed by atoms with van der Waals surface area (Å²) < 4.78 is 13.8. The van der Waals surface area contributed by atoms with Crippen molar-refractivity contribution < 1.29 is 33.2 Å². The van der Waals surface area contributed by atoms with E-state index >= 15 is 0 Å². The first-order valence-corrected chi connectivity index (χ1v) is 15.9. The maximum absolute atomic E-state index is 13.8. The normalized spacial score (nSPS) is 17.8. The Kier molecular flexibility index (Phi) is 8.94. The van der Waals surface area contributed by atoms with Gasteiger partial charge in [-0.15, -0.1) is 0 Å². The van der Waals surface area contributed by atoms with Crippen LogP contribution < -0.4 is 21.3 Å². The fourth-order valence-corrected chi connectivity index (χ4v) is 6.49. The fraction of sp³-hybridized carbons (Fsp3) is 0.314. The number of carbonyl (C=O) groups is 6. The average molecular weight is 655 g/mol. The Balaban J connectivity index is 0.966. The van der Waals surface area contributed by atoms with Gasteiger partial charge in [-0.2, -0.15) is 0 Å². The molecule has 6 amide bonds. The number of piperidine rings is 1. The van der Waals surface area contributed by atoms with Crippen LogP contribution in [-0.4, -0.2) is 64.5 Å². The number of amides is 6. The molecule has 12 nitrogen and oxygen atoms in total. The molecular formula is C35H35FN6O6. The Morgan fingerprint density at radius 2 is 1.73 bits per heavy atom. The number of aryl methyl sites for hydroxylation is 1. The fourth-order valence-electron chi connectivity index (χ4n) is 6.49. The number of aromatic nitrogens is 1. The highest BCUT2D eigenvalue weighted by atomic mass is 19.1. The van der Waals surface area contributed by atoms with Gasteiger partial charge in [0, 0.05) is 47.8 Å². The number of nitrogens with zero attached hydrogens (tertiary/aromatic N) is 1. The van der Waals surface area contributed by atoms with Gasteiger partial charge in [-0.1, -0.05) is 18.9 Å². The second kappa shape index (κ2) is 13.3. The van der Waals surface area contributed by atoms with Crippen molar-refractivity contribution in [1.29, 1.82) is 0 Å². The molecule has 5 N–H and O–H groups in total. The summed E-state index contributed by atoms with van der Waals surface area (Å²) in [5, 5.41) is 11.1. The summed E-state index contributed by atoms with van der Waals surface area (Å²) in [5.41, 5.74) is 4.77. The van der Waals surface area contributed by atoms with Gasteiger partial charge in [0.25, 0.3) is 23.6 Å². The van der Waals surface area contributed by atoms with Crippen LogP contribution in [0.15, 0.2) is 36.4 Å². The average Bonchev–Trinajstić information content (AvgIpc) is 3.61. The zero-order valence-corrected chi connectivity index (χ0v) is 26.6. The maximum atomic E-state index is 13.8. The highest BCUT2D eigenvalue weighted by Gasteiger charge is 2.45. The van der Waals surface area contributed by atoms with E-state index in [0.717, 1.165) is 30.6 Å². The Morgan fingerprint density at radius 1 is 0.958 bits per heavy atom. The molecule has 1 aromatic heterocycles. The predicted molar refractivity (Wildman–Crippen MR) is 176 cm³/mol. The molecule has 48 heavy (non-hydrogen) atoms. The van der Waals surface area contributed by atoms with E-state index in [4.69, 9.17) is 0 Å². The second-order valence-electron chi connectivity index (χ2n) is 12.1. The first-order chi connectivity index (χ1) is 23.0. The molecule has 1 unspecified atom stereocenters. The number of carbonyl (C=O) groups excluding carboxylic acids is 6. The molecule has 4 heterocycles. The van der Waals surface area contributed by atoms with Crippen molar-refractivity contribution in [1.82, 2.24) is 20.5 Å². The van der Waals surface area contributed by atoms with Gasteiger partial charge in [0.1, 0.15) is 11.9 Å². The minimum atomic E-state index is -1.02. The highest BCUT2D eigenvalue weighted by Crippen LogP contribution is 2.35. The van der Waals surface area contributed by atoms with Gasteiger partial charge in [-0.25, -0.2) is 4.39 Å². The first-order valence-electron chi connectivity index (χ1n) is 15.9. The lowest BCUT2D eigenvalue weighted by Crippen LogP contribution is -2.54. The summed E-state index contributed by atoms with van der Waals surface area (Å²) in [6, 6.07) is 8.07. The number of unbranched alkanes of at least 4 members (excludes halogenated alkanes) is 3. The van der Waals surface area contributed by atoms with Crippen LogP contribution in [0.25, 0.3) is 11.6 Å². The third-order valence-corrected chi connectivity index (χ3v) is 8.93. The van der Waals surface area contributed by atoms with E-state index in [1.165, 1.54) is 18.2 Å². The van der Waals surface area contributed by atoms with Crippen LogP contribution >= 0.6 is 0 Å². The van der Waals surface area contributed by atoms with E-state index in [9.17, 15) is 33.2 Å². The van der Waals surface area contributed by atoms with Crippen molar-refractivity contribution in [2.75, 3.05) is 23.7 Å². The maximum Gasteiger partial charge on any atom is 0.264 e. The molecule has 3 aliphatic heterocycles. The van der Waals surface area contributed by atoms with Gasteiger partial charge in [0.15, 0.2) is 0 Å². The first kappa shape index (κ1) is 32.4. The molecule has 248 valence electrons. The molecule has 3 aromatic rings. The molecule has 1 atom stereocenters. The van der Waals surface area contributed by atoms with E-state index in [-0.39, 0.29) is 35.8 Å². The minimum Gasteiger partial charge on any atom is -0.384 e. The van der Waals surface area contributed by atoms with Crippen LogP contribution in [0.3, 0.4) is 0 Å². The number of imide groups is 2. The second-order valence-corrected chi connectivity index (χ2v) is 12.1.